The van der Waals surface area contributed by atoms with Gasteiger partial charge in [-0.15, -0.1) is 0 Å². The van der Waals surface area contributed by atoms with Gasteiger partial charge in [-0.2, -0.15) is 0 Å². The first-order valence-corrected chi connectivity index (χ1v) is 7.85. The highest BCUT2D eigenvalue weighted by molar-refractivity contribution is 6.42. The molecule has 1 aliphatic heterocycles. The van der Waals surface area contributed by atoms with E-state index in [1.807, 2.05) is 17.0 Å². The standard InChI is InChI=1S/C15H18Cl2N2O/c16-12-3-2-11(10-13(12)17)15(4-1-5-15)14(20)19-8-6-18-7-9-19/h2-3,10,18H,1,4-9H2. The Bertz CT molecular complexity index is 523. The van der Waals surface area contributed by atoms with Crippen molar-refractivity contribution in [1.29, 1.82) is 0 Å². The van der Waals surface area contributed by atoms with Crippen molar-refractivity contribution in [2.24, 2.45) is 0 Å². The van der Waals surface area contributed by atoms with Crippen molar-refractivity contribution in [2.45, 2.75) is 24.7 Å². The number of halogens is 2. The minimum Gasteiger partial charge on any atom is -0.339 e. The zero-order chi connectivity index (χ0) is 14.2. The fourth-order valence-electron chi connectivity index (χ4n) is 3.12. The molecule has 5 heteroatoms. The van der Waals surface area contributed by atoms with E-state index in [4.69, 9.17) is 23.2 Å². The quantitative estimate of drug-likeness (QED) is 0.910. The first-order valence-electron chi connectivity index (χ1n) is 7.09. The number of nitrogens with one attached hydrogen (secondary N) is 1. The average molecular weight is 313 g/mol. The van der Waals surface area contributed by atoms with Gasteiger partial charge in [-0.25, -0.2) is 0 Å². The molecule has 1 heterocycles. The van der Waals surface area contributed by atoms with Gasteiger partial charge in [-0.1, -0.05) is 35.7 Å². The Balaban J connectivity index is 1.89. The first kappa shape index (κ1) is 14.2. The highest BCUT2D eigenvalue weighted by atomic mass is 35.5. The summed E-state index contributed by atoms with van der Waals surface area (Å²) in [7, 11) is 0. The Kier molecular flexibility index (Phi) is 3.93. The van der Waals surface area contributed by atoms with Crippen LogP contribution in [-0.2, 0) is 10.2 Å². The van der Waals surface area contributed by atoms with Gasteiger partial charge in [0.2, 0.25) is 5.91 Å². The molecule has 1 aliphatic carbocycles. The lowest BCUT2D eigenvalue weighted by molar-refractivity contribution is -0.141. The van der Waals surface area contributed by atoms with Crippen LogP contribution in [0.4, 0.5) is 0 Å². The van der Waals surface area contributed by atoms with Gasteiger partial charge in [-0.3, -0.25) is 4.79 Å². The van der Waals surface area contributed by atoms with Crippen LogP contribution < -0.4 is 5.32 Å². The van der Waals surface area contributed by atoms with Crippen molar-refractivity contribution in [3.05, 3.63) is 33.8 Å². The van der Waals surface area contributed by atoms with Crippen LogP contribution in [0.15, 0.2) is 18.2 Å². The smallest absolute Gasteiger partial charge is 0.233 e. The van der Waals surface area contributed by atoms with Crippen LogP contribution in [0.2, 0.25) is 10.0 Å². The van der Waals surface area contributed by atoms with Crippen molar-refractivity contribution in [1.82, 2.24) is 10.2 Å². The van der Waals surface area contributed by atoms with Crippen molar-refractivity contribution < 1.29 is 4.79 Å². The summed E-state index contributed by atoms with van der Waals surface area (Å²) in [6.07, 6.45) is 2.92. The number of nitrogens with zero attached hydrogens (tertiary/aromatic N) is 1. The second-order valence-corrected chi connectivity index (χ2v) is 6.42. The van der Waals surface area contributed by atoms with E-state index < -0.39 is 0 Å². The van der Waals surface area contributed by atoms with Gasteiger partial charge < -0.3 is 10.2 Å². The van der Waals surface area contributed by atoms with Gasteiger partial charge in [0.15, 0.2) is 0 Å². The summed E-state index contributed by atoms with van der Waals surface area (Å²) in [6.45, 7) is 3.34. The molecule has 0 unspecified atom stereocenters. The third-order valence-electron chi connectivity index (χ3n) is 4.49. The van der Waals surface area contributed by atoms with Crippen LogP contribution >= 0.6 is 23.2 Å². The van der Waals surface area contributed by atoms with Crippen molar-refractivity contribution >= 4 is 29.1 Å². The number of amides is 1. The van der Waals surface area contributed by atoms with Crippen LogP contribution in [0.3, 0.4) is 0 Å². The molecule has 0 atom stereocenters. The predicted molar refractivity (Wildman–Crippen MR) is 81.4 cm³/mol. The van der Waals surface area contributed by atoms with Gasteiger partial charge in [0, 0.05) is 26.2 Å². The first-order chi connectivity index (χ1) is 9.63. The third-order valence-corrected chi connectivity index (χ3v) is 5.23. The topological polar surface area (TPSA) is 32.3 Å². The Morgan fingerprint density at radius 3 is 2.40 bits per heavy atom. The molecule has 3 rings (SSSR count). The molecule has 3 nitrogen and oxygen atoms in total. The van der Waals surface area contributed by atoms with E-state index >= 15 is 0 Å². The highest BCUT2D eigenvalue weighted by Gasteiger charge is 2.47. The zero-order valence-corrected chi connectivity index (χ0v) is 12.8. The summed E-state index contributed by atoms with van der Waals surface area (Å²) in [5.41, 5.74) is 0.646. The highest BCUT2D eigenvalue weighted by Crippen LogP contribution is 2.46. The molecule has 108 valence electrons. The molecule has 0 bridgehead atoms. The van der Waals surface area contributed by atoms with Crippen molar-refractivity contribution in [3.63, 3.8) is 0 Å². The lowest BCUT2D eigenvalue weighted by atomic mass is 9.63. The zero-order valence-electron chi connectivity index (χ0n) is 11.3. The van der Waals surface area contributed by atoms with Crippen LogP contribution in [0.5, 0.6) is 0 Å². The molecule has 0 spiro atoms. The van der Waals surface area contributed by atoms with Gasteiger partial charge in [-0.05, 0) is 30.5 Å². The monoisotopic (exact) mass is 312 g/mol. The summed E-state index contributed by atoms with van der Waals surface area (Å²) in [4.78, 5) is 14.9. The summed E-state index contributed by atoms with van der Waals surface area (Å²) >= 11 is 12.1. The van der Waals surface area contributed by atoms with E-state index in [0.29, 0.717) is 10.0 Å². The van der Waals surface area contributed by atoms with Gasteiger partial charge in [0.05, 0.1) is 15.5 Å². The minimum absolute atomic E-state index is 0.253. The van der Waals surface area contributed by atoms with Crippen LogP contribution in [0.1, 0.15) is 24.8 Å². The number of benzene rings is 1. The molecule has 2 fully saturated rings. The molecule has 1 amide bonds. The minimum atomic E-state index is -0.369. The van der Waals surface area contributed by atoms with E-state index in [2.05, 4.69) is 5.32 Å². The molecule has 0 radical (unpaired) electrons. The number of hydrogen-bond donors (Lipinski definition) is 1. The molecule has 2 aliphatic rings. The van der Waals surface area contributed by atoms with Crippen molar-refractivity contribution in [2.75, 3.05) is 26.2 Å². The van der Waals surface area contributed by atoms with Crippen molar-refractivity contribution in [3.8, 4) is 0 Å². The Hall–Kier alpha value is -0.770. The number of hydrogen-bond acceptors (Lipinski definition) is 2. The molecule has 1 N–H and O–H groups in total. The fourth-order valence-corrected chi connectivity index (χ4v) is 3.42. The molecule has 20 heavy (non-hydrogen) atoms. The van der Waals surface area contributed by atoms with E-state index in [9.17, 15) is 4.79 Å². The maximum Gasteiger partial charge on any atom is 0.233 e. The molecule has 1 saturated carbocycles. The molecule has 1 aromatic carbocycles. The summed E-state index contributed by atoms with van der Waals surface area (Å²) in [5, 5.41) is 4.35. The molecular formula is C15H18Cl2N2O. The van der Waals surface area contributed by atoms with Gasteiger partial charge in [0.1, 0.15) is 0 Å². The average Bonchev–Trinajstić information content (AvgIpc) is 2.42. The summed E-state index contributed by atoms with van der Waals surface area (Å²) < 4.78 is 0. The Morgan fingerprint density at radius 1 is 1.15 bits per heavy atom. The Morgan fingerprint density at radius 2 is 1.85 bits per heavy atom. The number of carbonyl (C=O) groups is 1. The molecule has 0 aromatic heterocycles. The van der Waals surface area contributed by atoms with Crippen LogP contribution in [0.25, 0.3) is 0 Å². The predicted octanol–water partition coefficient (Wildman–Crippen LogP) is 2.85. The third kappa shape index (κ3) is 2.32. The maximum absolute atomic E-state index is 12.9. The van der Waals surface area contributed by atoms with E-state index in [1.54, 1.807) is 6.07 Å². The van der Waals surface area contributed by atoms with E-state index in [0.717, 1.165) is 51.0 Å². The number of rotatable bonds is 2. The SMILES string of the molecule is O=C(N1CCNCC1)C1(c2ccc(Cl)c(Cl)c2)CCC1. The number of carbonyl (C=O) groups excluding carboxylic acids is 1. The summed E-state index contributed by atoms with van der Waals surface area (Å²) in [5.74, 6) is 0.253. The normalized spacial score (nSPS) is 21.4. The maximum atomic E-state index is 12.9. The lowest BCUT2D eigenvalue weighted by Gasteiger charge is -2.45. The van der Waals surface area contributed by atoms with Gasteiger partial charge >= 0.3 is 0 Å². The summed E-state index contributed by atoms with van der Waals surface area (Å²) in [6, 6.07) is 5.61. The largest absolute Gasteiger partial charge is 0.339 e. The molecular weight excluding hydrogens is 295 g/mol. The van der Waals surface area contributed by atoms with Crippen LogP contribution in [0, 0.1) is 0 Å². The second-order valence-electron chi connectivity index (χ2n) is 5.61. The van der Waals surface area contributed by atoms with E-state index in [-0.39, 0.29) is 11.3 Å². The second kappa shape index (κ2) is 5.55. The van der Waals surface area contributed by atoms with Crippen LogP contribution in [-0.4, -0.2) is 37.0 Å². The lowest BCUT2D eigenvalue weighted by Crippen LogP contribution is -2.56. The fraction of sp³-hybridized carbons (Fsp3) is 0.533. The Labute approximate surface area is 129 Å². The number of piperazine rings is 1. The molecule has 1 saturated heterocycles. The van der Waals surface area contributed by atoms with Gasteiger partial charge in [0.25, 0.3) is 0 Å². The molecule has 1 aromatic rings. The van der Waals surface area contributed by atoms with E-state index in [1.165, 1.54) is 0 Å².